The molecule has 3 aromatic rings. The van der Waals surface area contributed by atoms with Crippen molar-refractivity contribution >= 4 is 22.8 Å². The number of rotatable bonds is 5. The third-order valence-corrected chi connectivity index (χ3v) is 4.82. The van der Waals surface area contributed by atoms with Crippen LogP contribution >= 0.6 is 0 Å². The van der Waals surface area contributed by atoms with E-state index in [0.29, 0.717) is 18.8 Å². The summed E-state index contributed by atoms with van der Waals surface area (Å²) in [6, 6.07) is 13.4. The fraction of sp³-hybridized carbons (Fsp3) is 0.368. The van der Waals surface area contributed by atoms with E-state index in [9.17, 15) is 4.79 Å². The molecule has 1 aromatic carbocycles. The molecular weight excluding hydrogens is 342 g/mol. The van der Waals surface area contributed by atoms with Crippen LogP contribution in [0, 0.1) is 0 Å². The Bertz CT molecular complexity index is 930. The van der Waals surface area contributed by atoms with E-state index in [-0.39, 0.29) is 5.91 Å². The van der Waals surface area contributed by atoms with E-state index in [4.69, 9.17) is 0 Å². The van der Waals surface area contributed by atoms with Gasteiger partial charge in [-0.3, -0.25) is 4.79 Å². The summed E-state index contributed by atoms with van der Waals surface area (Å²) in [5, 5.41) is 11.2. The van der Waals surface area contributed by atoms with E-state index in [1.165, 1.54) is 0 Å². The van der Waals surface area contributed by atoms with E-state index < -0.39 is 0 Å². The Morgan fingerprint density at radius 2 is 1.89 bits per heavy atom. The molecule has 1 saturated heterocycles. The highest BCUT2D eigenvalue weighted by Crippen LogP contribution is 2.14. The molecule has 2 aromatic heterocycles. The quantitative estimate of drug-likeness (QED) is 0.727. The number of amides is 1. The molecule has 4 rings (SSSR count). The van der Waals surface area contributed by atoms with Crippen LogP contribution in [-0.4, -0.2) is 70.6 Å². The second-order valence-corrected chi connectivity index (χ2v) is 6.73. The van der Waals surface area contributed by atoms with Gasteiger partial charge in [0, 0.05) is 32.7 Å². The Labute approximate surface area is 157 Å². The monoisotopic (exact) mass is 365 g/mol. The second kappa shape index (κ2) is 7.71. The molecule has 8 nitrogen and oxygen atoms in total. The summed E-state index contributed by atoms with van der Waals surface area (Å²) in [5.41, 5.74) is 2.25. The number of nitrogens with one attached hydrogen (secondary N) is 1. The van der Waals surface area contributed by atoms with Gasteiger partial charge in [0.2, 0.25) is 0 Å². The number of benzene rings is 1. The third-order valence-electron chi connectivity index (χ3n) is 4.82. The molecule has 0 spiro atoms. The number of likely N-dealkylation sites (N-methyl/N-ethyl adjacent to an activating group) is 1. The minimum atomic E-state index is -0.171. The molecule has 1 aliphatic rings. The minimum Gasteiger partial charge on any atom is -0.354 e. The fourth-order valence-electron chi connectivity index (χ4n) is 3.21. The predicted octanol–water partition coefficient (Wildman–Crippen LogP) is 1.01. The number of carbonyl (C=O) groups is 1. The SMILES string of the molecule is CN1CCN(c2cccc(C(=O)NCCn3nnc4ccccc43)n2)CC1. The summed E-state index contributed by atoms with van der Waals surface area (Å²) < 4.78 is 1.80. The Balaban J connectivity index is 1.36. The zero-order valence-electron chi connectivity index (χ0n) is 15.4. The van der Waals surface area contributed by atoms with Crippen LogP contribution in [0.4, 0.5) is 5.82 Å². The van der Waals surface area contributed by atoms with Crippen LogP contribution in [0.25, 0.3) is 11.0 Å². The highest BCUT2D eigenvalue weighted by Gasteiger charge is 2.16. The van der Waals surface area contributed by atoms with Gasteiger partial charge in [-0.2, -0.15) is 0 Å². The molecule has 0 saturated carbocycles. The minimum absolute atomic E-state index is 0.171. The van der Waals surface area contributed by atoms with Crippen LogP contribution in [0.5, 0.6) is 0 Å². The van der Waals surface area contributed by atoms with E-state index in [1.807, 2.05) is 36.4 Å². The highest BCUT2D eigenvalue weighted by atomic mass is 16.1. The Morgan fingerprint density at radius 1 is 1.07 bits per heavy atom. The standard InChI is InChI=1S/C19H23N7O/c1-24-11-13-25(14-12-24)18-8-4-6-16(21-18)19(27)20-9-10-26-17-7-3-2-5-15(17)22-23-26/h2-8H,9-14H2,1H3,(H,20,27). The van der Waals surface area contributed by atoms with Gasteiger partial charge in [0.25, 0.3) is 5.91 Å². The van der Waals surface area contributed by atoms with Gasteiger partial charge in [0.15, 0.2) is 0 Å². The number of para-hydroxylation sites is 1. The topological polar surface area (TPSA) is 79.2 Å². The zero-order chi connectivity index (χ0) is 18.6. The van der Waals surface area contributed by atoms with Crippen LogP contribution < -0.4 is 10.2 Å². The van der Waals surface area contributed by atoms with E-state index >= 15 is 0 Å². The Morgan fingerprint density at radius 3 is 2.74 bits per heavy atom. The smallest absolute Gasteiger partial charge is 0.270 e. The van der Waals surface area contributed by atoms with Crippen molar-refractivity contribution in [2.45, 2.75) is 6.54 Å². The number of piperazine rings is 1. The zero-order valence-corrected chi connectivity index (χ0v) is 15.4. The van der Waals surface area contributed by atoms with E-state index in [1.54, 1.807) is 10.7 Å². The summed E-state index contributed by atoms with van der Waals surface area (Å²) in [6.07, 6.45) is 0. The molecule has 140 valence electrons. The second-order valence-electron chi connectivity index (χ2n) is 6.73. The van der Waals surface area contributed by atoms with Crippen molar-refractivity contribution in [3.63, 3.8) is 0 Å². The number of anilines is 1. The van der Waals surface area contributed by atoms with Crippen molar-refractivity contribution in [2.75, 3.05) is 44.7 Å². The lowest BCUT2D eigenvalue weighted by Gasteiger charge is -2.33. The first kappa shape index (κ1) is 17.4. The lowest BCUT2D eigenvalue weighted by Crippen LogP contribution is -2.45. The number of hydrogen-bond donors (Lipinski definition) is 1. The molecule has 1 aliphatic heterocycles. The van der Waals surface area contributed by atoms with Crippen molar-refractivity contribution in [3.05, 3.63) is 48.2 Å². The molecule has 3 heterocycles. The van der Waals surface area contributed by atoms with Gasteiger partial charge < -0.3 is 15.1 Å². The molecule has 27 heavy (non-hydrogen) atoms. The highest BCUT2D eigenvalue weighted by molar-refractivity contribution is 5.92. The number of fused-ring (bicyclic) bond motifs is 1. The first-order valence-electron chi connectivity index (χ1n) is 9.18. The first-order valence-corrected chi connectivity index (χ1v) is 9.18. The maximum atomic E-state index is 12.5. The molecule has 1 fully saturated rings. The maximum absolute atomic E-state index is 12.5. The van der Waals surface area contributed by atoms with Crippen LogP contribution in [0.2, 0.25) is 0 Å². The van der Waals surface area contributed by atoms with Gasteiger partial charge in [-0.1, -0.05) is 23.4 Å². The van der Waals surface area contributed by atoms with Crippen molar-refractivity contribution in [1.82, 2.24) is 30.2 Å². The van der Waals surface area contributed by atoms with Crippen molar-refractivity contribution < 1.29 is 4.79 Å². The van der Waals surface area contributed by atoms with E-state index in [2.05, 4.69) is 37.5 Å². The summed E-state index contributed by atoms with van der Waals surface area (Å²) in [4.78, 5) is 21.5. The fourth-order valence-corrected chi connectivity index (χ4v) is 3.21. The molecule has 1 N–H and O–H groups in total. The Kier molecular flexibility index (Phi) is 4.97. The van der Waals surface area contributed by atoms with Gasteiger partial charge in [0.1, 0.15) is 17.0 Å². The third kappa shape index (κ3) is 3.90. The van der Waals surface area contributed by atoms with Crippen LogP contribution in [0.3, 0.4) is 0 Å². The number of nitrogens with zero attached hydrogens (tertiary/aromatic N) is 6. The number of carbonyl (C=O) groups excluding carboxylic acids is 1. The molecule has 0 unspecified atom stereocenters. The number of hydrogen-bond acceptors (Lipinski definition) is 6. The van der Waals surface area contributed by atoms with Crippen LogP contribution in [-0.2, 0) is 6.54 Å². The van der Waals surface area contributed by atoms with Gasteiger partial charge in [-0.15, -0.1) is 5.10 Å². The van der Waals surface area contributed by atoms with Gasteiger partial charge in [-0.05, 0) is 31.3 Å². The molecule has 0 aliphatic carbocycles. The first-order chi connectivity index (χ1) is 13.2. The van der Waals surface area contributed by atoms with Crippen molar-refractivity contribution in [3.8, 4) is 0 Å². The predicted molar refractivity (Wildman–Crippen MR) is 104 cm³/mol. The largest absolute Gasteiger partial charge is 0.354 e. The van der Waals surface area contributed by atoms with Gasteiger partial charge >= 0.3 is 0 Å². The Hall–Kier alpha value is -3.00. The maximum Gasteiger partial charge on any atom is 0.270 e. The van der Waals surface area contributed by atoms with Crippen molar-refractivity contribution in [1.29, 1.82) is 0 Å². The summed E-state index contributed by atoms with van der Waals surface area (Å²) >= 11 is 0. The number of aromatic nitrogens is 4. The number of pyridine rings is 1. The van der Waals surface area contributed by atoms with Crippen LogP contribution in [0.1, 0.15) is 10.5 Å². The van der Waals surface area contributed by atoms with E-state index in [0.717, 1.165) is 43.0 Å². The molecule has 0 bridgehead atoms. The summed E-state index contributed by atoms with van der Waals surface area (Å²) in [5.74, 6) is 0.688. The van der Waals surface area contributed by atoms with Gasteiger partial charge in [0.05, 0.1) is 12.1 Å². The summed E-state index contributed by atoms with van der Waals surface area (Å²) in [7, 11) is 2.12. The normalized spacial score (nSPS) is 15.2. The average Bonchev–Trinajstić information content (AvgIpc) is 3.12. The summed E-state index contributed by atoms with van der Waals surface area (Å²) in [6.45, 7) is 4.88. The van der Waals surface area contributed by atoms with Crippen LogP contribution in [0.15, 0.2) is 42.5 Å². The van der Waals surface area contributed by atoms with Gasteiger partial charge in [-0.25, -0.2) is 9.67 Å². The molecular formula is C19H23N7O. The molecule has 1 amide bonds. The molecule has 0 radical (unpaired) electrons. The lowest BCUT2D eigenvalue weighted by atomic mass is 10.3. The molecule has 0 atom stereocenters. The molecule has 8 heteroatoms. The van der Waals surface area contributed by atoms with Crippen molar-refractivity contribution in [2.24, 2.45) is 0 Å². The lowest BCUT2D eigenvalue weighted by molar-refractivity contribution is 0.0947. The average molecular weight is 365 g/mol.